The first kappa shape index (κ1) is 62.8. The van der Waals surface area contributed by atoms with Gasteiger partial charge in [-0.1, -0.05) is 204 Å². The van der Waals surface area contributed by atoms with Gasteiger partial charge in [-0.25, -0.2) is 4.57 Å². The first-order valence-electron chi connectivity index (χ1n) is 26.4. The Morgan fingerprint density at radius 1 is 0.478 bits per heavy atom. The number of aliphatic hydroxyl groups is 5. The Labute approximate surface area is 405 Å². The third-order valence-electron chi connectivity index (χ3n) is 12.2. The Balaban J connectivity index is 2.37. The van der Waals surface area contributed by atoms with E-state index in [4.69, 9.17) is 18.5 Å². The minimum Gasteiger partial charge on any atom is -0.462 e. The lowest BCUT2D eigenvalue weighted by Crippen LogP contribution is -2.64. The summed E-state index contributed by atoms with van der Waals surface area (Å²) in [5.74, 6) is -1.14. The molecule has 8 atom stereocenters. The van der Waals surface area contributed by atoms with E-state index >= 15 is 0 Å². The smallest absolute Gasteiger partial charge is 0.462 e. The molecule has 1 saturated carbocycles. The van der Waals surface area contributed by atoms with Crippen LogP contribution in [-0.2, 0) is 32.7 Å². The summed E-state index contributed by atoms with van der Waals surface area (Å²) in [6.07, 6.45) is 38.9. The van der Waals surface area contributed by atoms with Crippen molar-refractivity contribution in [2.45, 2.75) is 262 Å². The van der Waals surface area contributed by atoms with Crippen LogP contribution >= 0.6 is 7.82 Å². The molecule has 0 aromatic rings. The van der Waals surface area contributed by atoms with Gasteiger partial charge in [0.05, 0.1) is 6.61 Å². The fraction of sp³-hybridized carbons (Fsp3) is 0.811. The van der Waals surface area contributed by atoms with E-state index in [-0.39, 0.29) is 12.8 Å². The van der Waals surface area contributed by atoms with Crippen LogP contribution in [-0.4, -0.2) is 98.3 Å². The van der Waals surface area contributed by atoms with Crippen molar-refractivity contribution in [1.82, 2.24) is 0 Å². The average molecular weight is 971 g/mol. The predicted octanol–water partition coefficient (Wildman–Crippen LogP) is 11.5. The Hall–Kier alpha value is -2.19. The van der Waals surface area contributed by atoms with Gasteiger partial charge >= 0.3 is 19.8 Å². The number of hydrogen-bond acceptors (Lipinski definition) is 12. The van der Waals surface area contributed by atoms with Gasteiger partial charge in [0, 0.05) is 12.8 Å². The van der Waals surface area contributed by atoms with E-state index in [1.54, 1.807) is 0 Å². The third-order valence-corrected chi connectivity index (χ3v) is 13.2. The van der Waals surface area contributed by atoms with Crippen LogP contribution in [0.5, 0.6) is 0 Å². The second-order valence-electron chi connectivity index (χ2n) is 18.4. The van der Waals surface area contributed by atoms with Gasteiger partial charge in [0.2, 0.25) is 0 Å². The molecule has 0 aromatic heterocycles. The summed E-state index contributed by atoms with van der Waals surface area (Å²) in [6, 6.07) is 0. The Morgan fingerprint density at radius 3 is 1.30 bits per heavy atom. The fourth-order valence-corrected chi connectivity index (χ4v) is 8.96. The largest absolute Gasteiger partial charge is 0.472 e. The van der Waals surface area contributed by atoms with E-state index in [9.17, 15) is 44.6 Å². The molecule has 0 aromatic carbocycles. The molecule has 1 fully saturated rings. The number of esters is 2. The molecule has 0 bridgehead atoms. The molecule has 1 aliphatic carbocycles. The van der Waals surface area contributed by atoms with E-state index in [0.717, 1.165) is 64.2 Å². The van der Waals surface area contributed by atoms with Gasteiger partial charge in [0.1, 0.15) is 43.2 Å². The summed E-state index contributed by atoms with van der Waals surface area (Å²) in [5.41, 5.74) is 0. The van der Waals surface area contributed by atoms with Crippen LogP contribution in [0.4, 0.5) is 0 Å². The zero-order valence-corrected chi connectivity index (χ0v) is 42.6. The predicted molar refractivity (Wildman–Crippen MR) is 267 cm³/mol. The molecule has 0 heterocycles. The molecule has 0 saturated heterocycles. The minimum absolute atomic E-state index is 0.0901. The highest BCUT2D eigenvalue weighted by Gasteiger charge is 2.51. The SMILES string of the molecule is CC/C=C/C/C=C/C/C=C/C/C=C/CCCCC(=O)OC[C@H](COP(=O)(O)OC1C(O)C(O)C(O)[C@@H](O)C1O)OC(=O)CCCCCCCCCCCCCCCCCCCCCCCCC. The first-order chi connectivity index (χ1) is 32.4. The minimum atomic E-state index is -5.13. The number of hydrogen-bond donors (Lipinski definition) is 6. The summed E-state index contributed by atoms with van der Waals surface area (Å²) < 4.78 is 33.6. The topological polar surface area (TPSA) is 210 Å². The molecular weight excluding hydrogens is 876 g/mol. The van der Waals surface area contributed by atoms with Gasteiger partial charge < -0.3 is 39.9 Å². The molecule has 67 heavy (non-hydrogen) atoms. The standard InChI is InChI=1S/C53H95O13P/c1-3-5-7-9-11-13-15-17-19-20-21-22-23-24-25-26-28-30-32-34-36-38-40-42-47(55)65-45(44-64-67(61,62)66-53-51(59)49(57)48(56)50(58)52(53)60)43-63-46(54)41-39-37-35-33-31-29-27-18-16-14-12-10-8-6-4-2/h6,8,12,14,18,27,31,33,45,48-53,56-60H,3-5,7,9-11,13,15-17,19-26,28-30,32,34-44H2,1-2H3,(H,61,62)/b8-6+,14-12+,27-18+,33-31+/t45-,48?,49-,50?,51?,52?,53?/m1/s1. The van der Waals surface area contributed by atoms with E-state index in [1.807, 2.05) is 0 Å². The number of allylic oxidation sites excluding steroid dienone is 8. The number of carbonyl (C=O) groups is 2. The van der Waals surface area contributed by atoms with Crippen molar-refractivity contribution in [1.29, 1.82) is 0 Å². The number of rotatable bonds is 44. The lowest BCUT2D eigenvalue weighted by atomic mass is 9.85. The zero-order chi connectivity index (χ0) is 49.2. The van der Waals surface area contributed by atoms with E-state index in [0.29, 0.717) is 12.8 Å². The van der Waals surface area contributed by atoms with Crippen molar-refractivity contribution in [3.8, 4) is 0 Å². The number of carbonyl (C=O) groups excluding carboxylic acids is 2. The number of phosphoric acid groups is 1. The molecule has 0 aliphatic heterocycles. The van der Waals surface area contributed by atoms with Gasteiger partial charge in [0.15, 0.2) is 6.10 Å². The molecule has 6 unspecified atom stereocenters. The summed E-state index contributed by atoms with van der Waals surface area (Å²) in [6.45, 7) is 3.18. The highest BCUT2D eigenvalue weighted by Crippen LogP contribution is 2.47. The van der Waals surface area contributed by atoms with Crippen molar-refractivity contribution in [3.63, 3.8) is 0 Å². The maximum absolute atomic E-state index is 12.9. The number of phosphoric ester groups is 1. The van der Waals surface area contributed by atoms with Crippen LogP contribution in [0.3, 0.4) is 0 Å². The quantitative estimate of drug-likeness (QED) is 0.0145. The Kier molecular flexibility index (Phi) is 40.0. The van der Waals surface area contributed by atoms with Crippen LogP contribution in [0.1, 0.15) is 219 Å². The summed E-state index contributed by atoms with van der Waals surface area (Å²) in [5, 5.41) is 50.3. The van der Waals surface area contributed by atoms with Gasteiger partial charge in [0.25, 0.3) is 0 Å². The zero-order valence-electron chi connectivity index (χ0n) is 41.7. The average Bonchev–Trinajstić information content (AvgIpc) is 3.31. The lowest BCUT2D eigenvalue weighted by Gasteiger charge is -2.41. The van der Waals surface area contributed by atoms with Gasteiger partial charge in [-0.15, -0.1) is 0 Å². The summed E-state index contributed by atoms with van der Waals surface area (Å²) in [4.78, 5) is 35.8. The van der Waals surface area contributed by atoms with Gasteiger partial charge in [-0.05, 0) is 51.4 Å². The maximum atomic E-state index is 12.9. The highest BCUT2D eigenvalue weighted by molar-refractivity contribution is 7.47. The first-order valence-corrected chi connectivity index (χ1v) is 27.9. The van der Waals surface area contributed by atoms with Crippen molar-refractivity contribution < 1.29 is 63.1 Å². The van der Waals surface area contributed by atoms with Gasteiger partial charge in [-0.2, -0.15) is 0 Å². The fourth-order valence-electron chi connectivity index (χ4n) is 7.99. The molecule has 13 nitrogen and oxygen atoms in total. The van der Waals surface area contributed by atoms with Crippen LogP contribution in [0.25, 0.3) is 0 Å². The molecule has 0 spiro atoms. The van der Waals surface area contributed by atoms with Crippen LogP contribution in [0, 0.1) is 0 Å². The number of unbranched alkanes of at least 4 members (excludes halogenated alkanes) is 24. The number of ether oxygens (including phenoxy) is 2. The molecule has 1 rings (SSSR count). The van der Waals surface area contributed by atoms with E-state index in [1.165, 1.54) is 116 Å². The van der Waals surface area contributed by atoms with Crippen LogP contribution in [0.15, 0.2) is 48.6 Å². The number of aliphatic hydroxyl groups excluding tert-OH is 5. The molecule has 6 N–H and O–H groups in total. The summed E-state index contributed by atoms with van der Waals surface area (Å²) in [7, 11) is -5.13. The van der Waals surface area contributed by atoms with Crippen molar-refractivity contribution >= 4 is 19.8 Å². The van der Waals surface area contributed by atoms with E-state index in [2.05, 4.69) is 62.5 Å². The van der Waals surface area contributed by atoms with Gasteiger partial charge in [-0.3, -0.25) is 18.6 Å². The monoisotopic (exact) mass is 971 g/mol. The van der Waals surface area contributed by atoms with Crippen molar-refractivity contribution in [2.75, 3.05) is 13.2 Å². The summed E-state index contributed by atoms with van der Waals surface area (Å²) >= 11 is 0. The van der Waals surface area contributed by atoms with Crippen LogP contribution in [0.2, 0.25) is 0 Å². The maximum Gasteiger partial charge on any atom is 0.472 e. The van der Waals surface area contributed by atoms with Crippen molar-refractivity contribution in [3.05, 3.63) is 48.6 Å². The van der Waals surface area contributed by atoms with E-state index < -0.39 is 75.7 Å². The second-order valence-corrected chi connectivity index (χ2v) is 19.8. The molecule has 0 radical (unpaired) electrons. The highest BCUT2D eigenvalue weighted by atomic mass is 31.2. The second kappa shape index (κ2) is 42.7. The molecule has 0 amide bonds. The molecular formula is C53H95O13P. The molecule has 390 valence electrons. The normalized spacial score (nSPS) is 21.5. The third kappa shape index (κ3) is 34.7. The lowest BCUT2D eigenvalue weighted by molar-refractivity contribution is -0.220. The Morgan fingerprint density at radius 2 is 0.851 bits per heavy atom. The van der Waals surface area contributed by atoms with Crippen molar-refractivity contribution in [2.24, 2.45) is 0 Å². The Bertz CT molecular complexity index is 1350. The molecule has 14 heteroatoms. The van der Waals surface area contributed by atoms with Crippen LogP contribution < -0.4 is 0 Å². The molecule has 1 aliphatic rings.